The molecule has 28 heavy (non-hydrogen) atoms. The normalized spacial score (nSPS) is 13.6. The Bertz CT molecular complexity index is 1040. The lowest BCUT2D eigenvalue weighted by molar-refractivity contribution is -0.137. The molecule has 1 aromatic carbocycles. The third-order valence-corrected chi connectivity index (χ3v) is 7.14. The lowest BCUT2D eigenvalue weighted by atomic mass is 9.88. The summed E-state index contributed by atoms with van der Waals surface area (Å²) >= 11 is 8.48. The molecule has 4 rings (SSSR count). The van der Waals surface area contributed by atoms with Crippen LogP contribution in [0.3, 0.4) is 0 Å². The van der Waals surface area contributed by atoms with Gasteiger partial charge in [-0.3, -0.25) is 4.79 Å². The maximum absolute atomic E-state index is 10.9. The molecular weight excluding hydrogens is 390 g/mol. The summed E-state index contributed by atoms with van der Waals surface area (Å²) in [5, 5.41) is 11.0. The lowest BCUT2D eigenvalue weighted by Gasteiger charge is -2.18. The largest absolute Gasteiger partial charge is 0.481 e. The van der Waals surface area contributed by atoms with Gasteiger partial charge in [-0.1, -0.05) is 29.8 Å². The maximum Gasteiger partial charge on any atom is 0.303 e. The molecule has 1 N–H and O–H groups in total. The van der Waals surface area contributed by atoms with E-state index >= 15 is 0 Å². The summed E-state index contributed by atoms with van der Waals surface area (Å²) < 4.78 is 0. The number of hydrogen-bond donors (Lipinski definition) is 1. The van der Waals surface area contributed by atoms with E-state index in [2.05, 4.69) is 13.0 Å². The van der Waals surface area contributed by atoms with E-state index in [-0.39, 0.29) is 6.42 Å². The molecule has 0 atom stereocenters. The van der Waals surface area contributed by atoms with Crippen molar-refractivity contribution in [3.63, 3.8) is 0 Å². The minimum Gasteiger partial charge on any atom is -0.481 e. The molecule has 2 heterocycles. The predicted octanol–water partition coefficient (Wildman–Crippen LogP) is 6.60. The number of unbranched alkanes of at least 4 members (excludes halogenated alkanes) is 1. The quantitative estimate of drug-likeness (QED) is 0.463. The van der Waals surface area contributed by atoms with Gasteiger partial charge in [-0.25, -0.2) is 4.98 Å². The van der Waals surface area contributed by atoms with Crippen molar-refractivity contribution in [2.75, 3.05) is 0 Å². The van der Waals surface area contributed by atoms with Crippen LogP contribution in [-0.2, 0) is 24.1 Å². The Morgan fingerprint density at radius 3 is 2.79 bits per heavy atom. The maximum atomic E-state index is 10.9. The number of benzene rings is 1. The topological polar surface area (TPSA) is 50.2 Å². The van der Waals surface area contributed by atoms with Crippen molar-refractivity contribution in [1.82, 2.24) is 4.98 Å². The van der Waals surface area contributed by atoms with Crippen LogP contribution in [0.5, 0.6) is 0 Å². The first kappa shape index (κ1) is 19.4. The molecule has 1 aliphatic rings. The molecule has 1 aliphatic carbocycles. The van der Waals surface area contributed by atoms with Crippen LogP contribution in [0, 0.1) is 6.92 Å². The van der Waals surface area contributed by atoms with Gasteiger partial charge in [0.15, 0.2) is 0 Å². The minimum absolute atomic E-state index is 0.212. The van der Waals surface area contributed by atoms with Gasteiger partial charge in [0.25, 0.3) is 0 Å². The Morgan fingerprint density at radius 2 is 2.00 bits per heavy atom. The number of carboxylic acid groups (broad SMARTS) is 1. The van der Waals surface area contributed by atoms with Gasteiger partial charge in [0.2, 0.25) is 0 Å². The van der Waals surface area contributed by atoms with Crippen molar-refractivity contribution >= 4 is 39.1 Å². The number of rotatable bonds is 6. The van der Waals surface area contributed by atoms with E-state index in [0.29, 0.717) is 6.42 Å². The van der Waals surface area contributed by atoms with E-state index in [1.165, 1.54) is 39.8 Å². The van der Waals surface area contributed by atoms with Gasteiger partial charge in [0.05, 0.1) is 0 Å². The molecule has 5 heteroatoms. The summed E-state index contributed by atoms with van der Waals surface area (Å²) in [6.45, 7) is 2.07. The summed E-state index contributed by atoms with van der Waals surface area (Å²) in [5.41, 5.74) is 6.01. The van der Waals surface area contributed by atoms with Gasteiger partial charge < -0.3 is 5.11 Å². The highest BCUT2D eigenvalue weighted by Crippen LogP contribution is 2.44. The first-order valence-corrected chi connectivity index (χ1v) is 11.2. The molecule has 3 nitrogen and oxygen atoms in total. The van der Waals surface area contributed by atoms with Crippen LogP contribution in [0.25, 0.3) is 21.3 Å². The number of hydrogen-bond acceptors (Lipinski definition) is 3. The molecule has 0 saturated heterocycles. The highest BCUT2D eigenvalue weighted by Gasteiger charge is 2.24. The van der Waals surface area contributed by atoms with Gasteiger partial charge in [-0.15, -0.1) is 11.3 Å². The monoisotopic (exact) mass is 413 g/mol. The molecular formula is C23H24ClNO2S. The standard InChI is InChI=1S/C23H24ClNO2S/c1-14-15(8-4-7-13-20(26)27)21(16-9-2-5-11-18(16)24)22-17-10-3-6-12-19(17)28-23(22)25-14/h2,5,9,11H,3-4,6-8,10,12-13H2,1H3,(H,26,27). The van der Waals surface area contributed by atoms with E-state index < -0.39 is 5.97 Å². The molecule has 0 aliphatic heterocycles. The van der Waals surface area contributed by atoms with E-state index in [9.17, 15) is 4.79 Å². The number of carbonyl (C=O) groups is 1. The van der Waals surface area contributed by atoms with E-state index in [0.717, 1.165) is 46.8 Å². The van der Waals surface area contributed by atoms with Crippen molar-refractivity contribution in [2.45, 2.75) is 58.3 Å². The van der Waals surface area contributed by atoms with Crippen LogP contribution >= 0.6 is 22.9 Å². The fourth-order valence-electron chi connectivity index (χ4n) is 4.28. The van der Waals surface area contributed by atoms with Crippen LogP contribution in [-0.4, -0.2) is 16.1 Å². The van der Waals surface area contributed by atoms with E-state index in [1.54, 1.807) is 0 Å². The van der Waals surface area contributed by atoms with Crippen molar-refractivity contribution in [3.05, 3.63) is 51.0 Å². The summed E-state index contributed by atoms with van der Waals surface area (Å²) in [7, 11) is 0. The van der Waals surface area contributed by atoms with Gasteiger partial charge >= 0.3 is 5.97 Å². The van der Waals surface area contributed by atoms with E-state index in [4.69, 9.17) is 21.7 Å². The van der Waals surface area contributed by atoms with Crippen LogP contribution in [0.4, 0.5) is 0 Å². The Hall–Kier alpha value is -1.91. The van der Waals surface area contributed by atoms with Crippen molar-refractivity contribution in [2.24, 2.45) is 0 Å². The fourth-order valence-corrected chi connectivity index (χ4v) is 5.83. The third-order valence-electron chi connectivity index (χ3n) is 5.62. The highest BCUT2D eigenvalue weighted by molar-refractivity contribution is 7.19. The predicted molar refractivity (Wildman–Crippen MR) is 117 cm³/mol. The van der Waals surface area contributed by atoms with E-state index in [1.807, 2.05) is 29.5 Å². The number of carboxylic acids is 1. The van der Waals surface area contributed by atoms with Crippen molar-refractivity contribution in [1.29, 1.82) is 0 Å². The summed E-state index contributed by atoms with van der Waals surface area (Å²) in [6, 6.07) is 8.05. The summed E-state index contributed by atoms with van der Waals surface area (Å²) in [5.74, 6) is -0.733. The van der Waals surface area contributed by atoms with Gasteiger partial charge in [-0.05, 0) is 74.6 Å². The van der Waals surface area contributed by atoms with Crippen molar-refractivity contribution in [3.8, 4) is 11.1 Å². The molecule has 146 valence electrons. The molecule has 0 unspecified atom stereocenters. The second-order valence-electron chi connectivity index (χ2n) is 7.52. The molecule has 0 fully saturated rings. The average molecular weight is 414 g/mol. The molecule has 0 saturated carbocycles. The number of aromatic nitrogens is 1. The molecule has 0 radical (unpaired) electrons. The summed E-state index contributed by atoms with van der Waals surface area (Å²) in [6.07, 6.45) is 7.28. The Labute approximate surface area is 174 Å². The van der Waals surface area contributed by atoms with Crippen LogP contribution in [0.2, 0.25) is 5.02 Å². The molecule has 0 bridgehead atoms. The Balaban J connectivity index is 1.89. The third kappa shape index (κ3) is 3.68. The molecule has 0 amide bonds. The number of halogens is 1. The lowest BCUT2D eigenvalue weighted by Crippen LogP contribution is -2.03. The number of thiophene rings is 1. The second-order valence-corrected chi connectivity index (χ2v) is 9.01. The number of aliphatic carboxylic acids is 1. The number of nitrogens with zero attached hydrogens (tertiary/aromatic N) is 1. The molecule has 3 aromatic rings. The SMILES string of the molecule is Cc1nc2sc3c(c2c(-c2ccccc2Cl)c1CCCCC(=O)O)CCCC3. The van der Waals surface area contributed by atoms with Crippen LogP contribution in [0.15, 0.2) is 24.3 Å². The first-order valence-electron chi connectivity index (χ1n) is 9.96. The average Bonchev–Trinajstić information content (AvgIpc) is 3.03. The Morgan fingerprint density at radius 1 is 1.21 bits per heavy atom. The number of pyridine rings is 1. The molecule has 0 spiro atoms. The summed E-state index contributed by atoms with van der Waals surface area (Å²) in [4.78, 5) is 18.4. The highest BCUT2D eigenvalue weighted by atomic mass is 35.5. The van der Waals surface area contributed by atoms with Crippen LogP contribution < -0.4 is 0 Å². The molecule has 2 aromatic heterocycles. The zero-order valence-electron chi connectivity index (χ0n) is 16.1. The van der Waals surface area contributed by atoms with Gasteiger partial charge in [-0.2, -0.15) is 0 Å². The van der Waals surface area contributed by atoms with Gasteiger partial charge in [0.1, 0.15) is 4.83 Å². The minimum atomic E-state index is -0.733. The zero-order chi connectivity index (χ0) is 19.7. The zero-order valence-corrected chi connectivity index (χ0v) is 17.6. The fraction of sp³-hybridized carbons (Fsp3) is 0.391. The number of aryl methyl sites for hydroxylation is 3. The number of fused-ring (bicyclic) bond motifs is 3. The Kier molecular flexibility index (Phi) is 5.70. The first-order chi connectivity index (χ1) is 13.6. The smallest absolute Gasteiger partial charge is 0.303 e. The van der Waals surface area contributed by atoms with Gasteiger partial charge in [0, 0.05) is 33.0 Å². The van der Waals surface area contributed by atoms with Crippen LogP contribution in [0.1, 0.15) is 53.8 Å². The second kappa shape index (κ2) is 8.22. The van der Waals surface area contributed by atoms with Crippen molar-refractivity contribution < 1.29 is 9.90 Å².